The summed E-state index contributed by atoms with van der Waals surface area (Å²) in [6.07, 6.45) is 1.09. The Bertz CT molecular complexity index is 334. The molecule has 2 N–H and O–H groups in total. The molecule has 0 aromatic carbocycles. The second-order valence-corrected chi connectivity index (χ2v) is 3.39. The normalized spacial score (nSPS) is 19.7. The lowest BCUT2D eigenvalue weighted by Gasteiger charge is -2.02. The predicted molar refractivity (Wildman–Crippen MR) is 57.4 cm³/mol. The highest BCUT2D eigenvalue weighted by Crippen LogP contribution is 2.20. The Hall–Kier alpha value is -1.07. The highest BCUT2D eigenvalue weighted by molar-refractivity contribution is 5.87. The maximum Gasteiger partial charge on any atom is 0.358 e. The van der Waals surface area contributed by atoms with Crippen molar-refractivity contribution >= 4 is 18.4 Å². The third-order valence-electron chi connectivity index (χ3n) is 2.49. The SMILES string of the molecule is COC(=O)c1cc(C2CCNC2)[nH]n1.Cl. The zero-order valence-corrected chi connectivity index (χ0v) is 9.26. The lowest BCUT2D eigenvalue weighted by molar-refractivity contribution is 0.0594. The number of carbonyl (C=O) groups excluding carboxylic acids is 1. The highest BCUT2D eigenvalue weighted by atomic mass is 35.5. The van der Waals surface area contributed by atoms with Crippen LogP contribution in [-0.2, 0) is 4.74 Å². The zero-order valence-electron chi connectivity index (χ0n) is 8.45. The lowest BCUT2D eigenvalue weighted by Crippen LogP contribution is -2.08. The molecule has 1 atom stereocenters. The van der Waals surface area contributed by atoms with Crippen LogP contribution in [0.15, 0.2) is 6.07 Å². The minimum Gasteiger partial charge on any atom is -0.464 e. The summed E-state index contributed by atoms with van der Waals surface area (Å²) < 4.78 is 4.58. The summed E-state index contributed by atoms with van der Waals surface area (Å²) in [7, 11) is 1.35. The standard InChI is InChI=1S/C9H13N3O2.ClH/c1-14-9(13)8-4-7(11-12-8)6-2-3-10-5-6;/h4,6,10H,2-3,5H2,1H3,(H,11,12);1H. The summed E-state index contributed by atoms with van der Waals surface area (Å²) in [5, 5.41) is 10.0. The number of ether oxygens (including phenoxy) is 1. The van der Waals surface area contributed by atoms with Crippen molar-refractivity contribution in [2.24, 2.45) is 0 Å². The molecule has 15 heavy (non-hydrogen) atoms. The quantitative estimate of drug-likeness (QED) is 0.736. The third kappa shape index (κ3) is 2.49. The molecule has 0 saturated carbocycles. The van der Waals surface area contributed by atoms with Crippen LogP contribution < -0.4 is 5.32 Å². The van der Waals surface area contributed by atoms with E-state index in [-0.39, 0.29) is 12.4 Å². The van der Waals surface area contributed by atoms with E-state index in [1.807, 2.05) is 0 Å². The number of hydrogen-bond donors (Lipinski definition) is 2. The van der Waals surface area contributed by atoms with Crippen LogP contribution in [0, 0.1) is 0 Å². The van der Waals surface area contributed by atoms with E-state index in [0.29, 0.717) is 11.6 Å². The summed E-state index contributed by atoms with van der Waals surface area (Å²) in [6, 6.07) is 1.77. The average Bonchev–Trinajstić information content (AvgIpc) is 2.86. The number of aromatic nitrogens is 2. The number of esters is 1. The molecule has 0 spiro atoms. The molecule has 1 saturated heterocycles. The molecule has 0 aliphatic carbocycles. The van der Waals surface area contributed by atoms with Crippen molar-refractivity contribution in [1.82, 2.24) is 15.5 Å². The number of H-pyrrole nitrogens is 1. The average molecular weight is 232 g/mol. The van der Waals surface area contributed by atoms with Crippen molar-refractivity contribution in [2.45, 2.75) is 12.3 Å². The van der Waals surface area contributed by atoms with Crippen LogP contribution in [-0.4, -0.2) is 36.4 Å². The second kappa shape index (κ2) is 5.14. The molecule has 1 unspecified atom stereocenters. The summed E-state index contributed by atoms with van der Waals surface area (Å²) in [4.78, 5) is 11.1. The largest absolute Gasteiger partial charge is 0.464 e. The third-order valence-corrected chi connectivity index (χ3v) is 2.49. The summed E-state index contributed by atoms with van der Waals surface area (Å²) >= 11 is 0. The fourth-order valence-corrected chi connectivity index (χ4v) is 1.68. The Morgan fingerprint density at radius 3 is 3.07 bits per heavy atom. The van der Waals surface area contributed by atoms with Crippen molar-refractivity contribution in [1.29, 1.82) is 0 Å². The van der Waals surface area contributed by atoms with Gasteiger partial charge in [0.15, 0.2) is 5.69 Å². The molecule has 2 heterocycles. The van der Waals surface area contributed by atoms with Gasteiger partial charge in [-0.15, -0.1) is 12.4 Å². The molecule has 6 heteroatoms. The molecule has 1 fully saturated rings. The molecule has 5 nitrogen and oxygen atoms in total. The van der Waals surface area contributed by atoms with Crippen molar-refractivity contribution in [3.63, 3.8) is 0 Å². The monoisotopic (exact) mass is 231 g/mol. The van der Waals surface area contributed by atoms with Crippen LogP contribution in [0.3, 0.4) is 0 Å². The number of methoxy groups -OCH3 is 1. The van der Waals surface area contributed by atoms with Crippen LogP contribution >= 0.6 is 12.4 Å². The maximum absolute atomic E-state index is 11.1. The van der Waals surface area contributed by atoms with Gasteiger partial charge < -0.3 is 10.1 Å². The van der Waals surface area contributed by atoms with Gasteiger partial charge in [-0.05, 0) is 19.0 Å². The first-order valence-corrected chi connectivity index (χ1v) is 4.65. The highest BCUT2D eigenvalue weighted by Gasteiger charge is 2.20. The second-order valence-electron chi connectivity index (χ2n) is 3.39. The van der Waals surface area contributed by atoms with Crippen LogP contribution in [0.4, 0.5) is 0 Å². The first-order valence-electron chi connectivity index (χ1n) is 4.65. The van der Waals surface area contributed by atoms with Gasteiger partial charge in [0.1, 0.15) is 0 Å². The van der Waals surface area contributed by atoms with Gasteiger partial charge in [-0.1, -0.05) is 0 Å². The Kier molecular flexibility index (Phi) is 4.11. The van der Waals surface area contributed by atoms with Crippen molar-refractivity contribution in [2.75, 3.05) is 20.2 Å². The predicted octanol–water partition coefficient (Wildman–Crippen LogP) is 0.695. The topological polar surface area (TPSA) is 67.0 Å². The number of aromatic amines is 1. The fourth-order valence-electron chi connectivity index (χ4n) is 1.68. The van der Waals surface area contributed by atoms with Crippen LogP contribution in [0.5, 0.6) is 0 Å². The molecule has 1 aliphatic rings. The number of nitrogens with zero attached hydrogens (tertiary/aromatic N) is 1. The molecular weight excluding hydrogens is 218 g/mol. The van der Waals surface area contributed by atoms with Gasteiger partial charge in [-0.2, -0.15) is 5.10 Å². The van der Waals surface area contributed by atoms with Gasteiger partial charge in [0.25, 0.3) is 0 Å². The van der Waals surface area contributed by atoms with Crippen molar-refractivity contribution < 1.29 is 9.53 Å². The minimum absolute atomic E-state index is 0. The van der Waals surface area contributed by atoms with E-state index in [2.05, 4.69) is 20.3 Å². The van der Waals surface area contributed by atoms with Gasteiger partial charge in [-0.25, -0.2) is 4.79 Å². The van der Waals surface area contributed by atoms with E-state index in [1.54, 1.807) is 6.07 Å². The molecular formula is C9H14ClN3O2. The van der Waals surface area contributed by atoms with E-state index in [9.17, 15) is 4.79 Å². The van der Waals surface area contributed by atoms with Crippen molar-refractivity contribution in [3.8, 4) is 0 Å². The van der Waals surface area contributed by atoms with E-state index in [1.165, 1.54) is 7.11 Å². The van der Waals surface area contributed by atoms with Gasteiger partial charge in [-0.3, -0.25) is 5.10 Å². The maximum atomic E-state index is 11.1. The summed E-state index contributed by atoms with van der Waals surface area (Å²) in [6.45, 7) is 1.97. The molecule has 0 amide bonds. The molecule has 84 valence electrons. The van der Waals surface area contributed by atoms with Crippen LogP contribution in [0.25, 0.3) is 0 Å². The van der Waals surface area contributed by atoms with Gasteiger partial charge >= 0.3 is 5.97 Å². The molecule has 0 bridgehead atoms. The van der Waals surface area contributed by atoms with Crippen LogP contribution in [0.2, 0.25) is 0 Å². The number of hydrogen-bond acceptors (Lipinski definition) is 4. The van der Waals surface area contributed by atoms with E-state index in [0.717, 1.165) is 25.2 Å². The molecule has 1 aromatic heterocycles. The van der Waals surface area contributed by atoms with Gasteiger partial charge in [0.2, 0.25) is 0 Å². The molecule has 2 rings (SSSR count). The van der Waals surface area contributed by atoms with Gasteiger partial charge in [0.05, 0.1) is 7.11 Å². The Balaban J connectivity index is 0.00000112. The van der Waals surface area contributed by atoms with Crippen LogP contribution in [0.1, 0.15) is 28.5 Å². The molecule has 1 aliphatic heterocycles. The number of carbonyl (C=O) groups is 1. The Labute approximate surface area is 94.0 Å². The summed E-state index contributed by atoms with van der Waals surface area (Å²) in [5.74, 6) is 0.0550. The van der Waals surface area contributed by atoms with E-state index < -0.39 is 5.97 Å². The fraction of sp³-hybridized carbons (Fsp3) is 0.556. The first kappa shape index (κ1) is 12.0. The van der Waals surface area contributed by atoms with Crippen molar-refractivity contribution in [3.05, 3.63) is 17.5 Å². The van der Waals surface area contributed by atoms with Gasteiger partial charge in [0, 0.05) is 18.2 Å². The number of rotatable bonds is 2. The number of nitrogens with one attached hydrogen (secondary N) is 2. The smallest absolute Gasteiger partial charge is 0.358 e. The number of halogens is 1. The van der Waals surface area contributed by atoms with E-state index in [4.69, 9.17) is 0 Å². The Morgan fingerprint density at radius 1 is 1.67 bits per heavy atom. The minimum atomic E-state index is -0.390. The lowest BCUT2D eigenvalue weighted by atomic mass is 10.1. The Morgan fingerprint density at radius 2 is 2.47 bits per heavy atom. The summed E-state index contributed by atoms with van der Waals surface area (Å²) in [5.41, 5.74) is 1.37. The first-order chi connectivity index (χ1) is 6.81. The van der Waals surface area contributed by atoms with E-state index >= 15 is 0 Å². The molecule has 0 radical (unpaired) electrons. The zero-order chi connectivity index (χ0) is 9.97. The molecule has 1 aromatic rings.